The molecule has 5 nitrogen and oxygen atoms in total. The molecule has 0 bridgehead atoms. The Morgan fingerprint density at radius 3 is 2.50 bits per heavy atom. The van der Waals surface area contributed by atoms with Crippen LogP contribution in [0.15, 0.2) is 0 Å². The summed E-state index contributed by atoms with van der Waals surface area (Å²) < 4.78 is 0. The molecule has 16 heavy (non-hydrogen) atoms. The van der Waals surface area contributed by atoms with Crippen LogP contribution in [0.5, 0.6) is 0 Å². The van der Waals surface area contributed by atoms with Crippen LogP contribution in [0.2, 0.25) is 0 Å². The number of carbonyl (C=O) groups excluding carboxylic acids is 2. The fraction of sp³-hybridized carbons (Fsp3) is 0.818. The summed E-state index contributed by atoms with van der Waals surface area (Å²) in [7, 11) is 1.79. The molecular formula is C11H23N3O2. The maximum atomic E-state index is 11.4. The first-order chi connectivity index (χ1) is 7.61. The van der Waals surface area contributed by atoms with Gasteiger partial charge in [0.1, 0.15) is 0 Å². The highest BCUT2D eigenvalue weighted by Crippen LogP contribution is 2.01. The van der Waals surface area contributed by atoms with Crippen LogP contribution < -0.4 is 16.4 Å². The number of carbonyl (C=O) groups is 2. The van der Waals surface area contributed by atoms with Crippen LogP contribution in [0.25, 0.3) is 0 Å². The second-order valence-electron chi connectivity index (χ2n) is 3.87. The molecule has 0 saturated carbocycles. The molecule has 0 aromatic rings. The first-order valence-corrected chi connectivity index (χ1v) is 5.76. The van der Waals surface area contributed by atoms with Gasteiger partial charge in [-0.15, -0.1) is 0 Å². The Hall–Kier alpha value is -0.940. The predicted octanol–water partition coefficient (Wildman–Crippen LogP) is -0.201. The molecule has 0 aromatic carbocycles. The van der Waals surface area contributed by atoms with E-state index in [1.54, 1.807) is 7.05 Å². The van der Waals surface area contributed by atoms with Crippen LogP contribution in [0.4, 0.5) is 0 Å². The van der Waals surface area contributed by atoms with E-state index in [0.717, 1.165) is 12.8 Å². The fourth-order valence-corrected chi connectivity index (χ4v) is 1.37. The Morgan fingerprint density at radius 1 is 1.31 bits per heavy atom. The molecule has 0 spiro atoms. The van der Waals surface area contributed by atoms with Gasteiger partial charge in [0.2, 0.25) is 5.91 Å². The Bertz CT molecular complexity index is 219. The summed E-state index contributed by atoms with van der Waals surface area (Å²) in [4.78, 5) is 22.7. The minimum atomic E-state index is -0.351. The number of unbranched alkanes of at least 4 members (excludes halogenated alkanes) is 1. The lowest BCUT2D eigenvalue weighted by atomic mass is 10.1. The van der Waals surface area contributed by atoms with Crippen molar-refractivity contribution in [3.8, 4) is 0 Å². The Labute approximate surface area is 97.2 Å². The monoisotopic (exact) mass is 229 g/mol. The Kier molecular flexibility index (Phi) is 8.75. The molecule has 94 valence electrons. The smallest absolute Gasteiger partial charge is 0.221 e. The van der Waals surface area contributed by atoms with Crippen LogP contribution in [0.3, 0.4) is 0 Å². The highest BCUT2D eigenvalue weighted by Gasteiger charge is 2.15. The van der Waals surface area contributed by atoms with E-state index in [-0.39, 0.29) is 17.7 Å². The number of rotatable bonds is 9. The summed E-state index contributed by atoms with van der Waals surface area (Å²) in [6, 6.07) is -0.351. The predicted molar refractivity (Wildman–Crippen MR) is 64.1 cm³/mol. The molecule has 5 heteroatoms. The number of hydrogen-bond acceptors (Lipinski definition) is 4. The van der Waals surface area contributed by atoms with Crippen molar-refractivity contribution in [2.45, 2.75) is 38.6 Å². The normalized spacial score (nSPS) is 12.2. The zero-order valence-corrected chi connectivity index (χ0v) is 10.2. The summed E-state index contributed by atoms with van der Waals surface area (Å²) in [5.41, 5.74) is 5.38. The van der Waals surface area contributed by atoms with Crippen molar-refractivity contribution >= 4 is 11.7 Å². The molecule has 4 N–H and O–H groups in total. The van der Waals surface area contributed by atoms with Gasteiger partial charge in [-0.2, -0.15) is 0 Å². The average Bonchev–Trinajstić information content (AvgIpc) is 2.25. The first kappa shape index (κ1) is 15.1. The van der Waals surface area contributed by atoms with Gasteiger partial charge in [0.05, 0.1) is 6.04 Å². The van der Waals surface area contributed by atoms with E-state index in [4.69, 9.17) is 5.73 Å². The third-order valence-electron chi connectivity index (χ3n) is 2.37. The highest BCUT2D eigenvalue weighted by molar-refractivity contribution is 5.87. The topological polar surface area (TPSA) is 84.2 Å². The molecule has 0 fully saturated rings. The molecule has 0 aliphatic rings. The zero-order chi connectivity index (χ0) is 12.4. The Morgan fingerprint density at radius 2 is 2.00 bits per heavy atom. The van der Waals surface area contributed by atoms with Crippen molar-refractivity contribution in [1.29, 1.82) is 0 Å². The van der Waals surface area contributed by atoms with Crippen LogP contribution in [-0.4, -0.2) is 37.9 Å². The third-order valence-corrected chi connectivity index (χ3v) is 2.37. The van der Waals surface area contributed by atoms with Gasteiger partial charge < -0.3 is 16.4 Å². The van der Waals surface area contributed by atoms with E-state index in [9.17, 15) is 9.59 Å². The number of nitrogens with two attached hydrogens (primary N) is 1. The molecule has 0 heterocycles. The lowest BCUT2D eigenvalue weighted by Crippen LogP contribution is -2.40. The van der Waals surface area contributed by atoms with Crippen LogP contribution in [0.1, 0.15) is 32.6 Å². The van der Waals surface area contributed by atoms with Gasteiger partial charge in [-0.05, 0) is 39.8 Å². The number of Topliss-reactive ketones (excluding diaryl/α,β-unsaturated/α-hetero) is 1. The second kappa shape index (κ2) is 9.30. The van der Waals surface area contributed by atoms with Crippen molar-refractivity contribution < 1.29 is 9.59 Å². The Balaban J connectivity index is 3.92. The van der Waals surface area contributed by atoms with Crippen molar-refractivity contribution in [2.24, 2.45) is 5.73 Å². The first-order valence-electron chi connectivity index (χ1n) is 5.76. The van der Waals surface area contributed by atoms with E-state index in [2.05, 4.69) is 10.6 Å². The van der Waals surface area contributed by atoms with Crippen molar-refractivity contribution in [3.63, 3.8) is 0 Å². The molecule has 0 aromatic heterocycles. The van der Waals surface area contributed by atoms with Crippen molar-refractivity contribution in [3.05, 3.63) is 0 Å². The van der Waals surface area contributed by atoms with E-state index < -0.39 is 0 Å². The highest BCUT2D eigenvalue weighted by atomic mass is 16.2. The molecule has 0 aliphatic heterocycles. The summed E-state index contributed by atoms with van der Waals surface area (Å²) in [5, 5.41) is 5.63. The van der Waals surface area contributed by atoms with E-state index in [1.165, 1.54) is 6.92 Å². The summed E-state index contributed by atoms with van der Waals surface area (Å²) in [6.45, 7) is 2.75. The number of nitrogens with one attached hydrogen (secondary N) is 2. The minimum absolute atomic E-state index is 0.00910. The van der Waals surface area contributed by atoms with Gasteiger partial charge in [0, 0.05) is 13.0 Å². The zero-order valence-electron chi connectivity index (χ0n) is 10.2. The third kappa shape index (κ3) is 7.36. The maximum absolute atomic E-state index is 11.4. The van der Waals surface area contributed by atoms with Gasteiger partial charge >= 0.3 is 0 Å². The largest absolute Gasteiger partial charge is 0.346 e. The molecule has 0 aliphatic carbocycles. The summed E-state index contributed by atoms with van der Waals surface area (Å²) in [5.74, 6) is -0.0721. The molecule has 0 saturated heterocycles. The number of ketones is 1. The quantitative estimate of drug-likeness (QED) is 0.478. The van der Waals surface area contributed by atoms with E-state index in [0.29, 0.717) is 25.9 Å². The molecule has 1 atom stereocenters. The van der Waals surface area contributed by atoms with Gasteiger partial charge in [-0.1, -0.05) is 0 Å². The summed E-state index contributed by atoms with van der Waals surface area (Å²) >= 11 is 0. The second-order valence-corrected chi connectivity index (χ2v) is 3.87. The van der Waals surface area contributed by atoms with Crippen LogP contribution >= 0.6 is 0 Å². The molecular weight excluding hydrogens is 206 g/mol. The van der Waals surface area contributed by atoms with Gasteiger partial charge in [0.25, 0.3) is 0 Å². The van der Waals surface area contributed by atoms with E-state index in [1.807, 2.05) is 0 Å². The van der Waals surface area contributed by atoms with Gasteiger partial charge in [-0.25, -0.2) is 0 Å². The number of amides is 1. The molecule has 0 unspecified atom stereocenters. The van der Waals surface area contributed by atoms with Crippen LogP contribution in [-0.2, 0) is 9.59 Å². The standard InChI is InChI=1S/C11H23N3O2/c1-9(15)10(5-3-4-7-12)14-11(16)6-8-13-2/h10,13H,3-8,12H2,1-2H3,(H,14,16)/t10-/m0/s1. The molecule has 1 amide bonds. The fourth-order valence-electron chi connectivity index (χ4n) is 1.37. The van der Waals surface area contributed by atoms with E-state index >= 15 is 0 Å². The SMILES string of the molecule is CNCCC(=O)N[C@@H](CCCCN)C(C)=O. The maximum Gasteiger partial charge on any atom is 0.221 e. The average molecular weight is 229 g/mol. The minimum Gasteiger partial charge on any atom is -0.346 e. The lowest BCUT2D eigenvalue weighted by Gasteiger charge is -2.15. The van der Waals surface area contributed by atoms with Crippen LogP contribution in [0, 0.1) is 0 Å². The molecule has 0 rings (SSSR count). The summed E-state index contributed by atoms with van der Waals surface area (Å²) in [6.07, 6.45) is 2.83. The molecule has 0 radical (unpaired) electrons. The lowest BCUT2D eigenvalue weighted by molar-refractivity contribution is -0.127. The van der Waals surface area contributed by atoms with Crippen molar-refractivity contribution in [1.82, 2.24) is 10.6 Å². The van der Waals surface area contributed by atoms with Crippen molar-refractivity contribution in [2.75, 3.05) is 20.1 Å². The van der Waals surface area contributed by atoms with Gasteiger partial charge in [-0.3, -0.25) is 9.59 Å². The van der Waals surface area contributed by atoms with Gasteiger partial charge in [0.15, 0.2) is 5.78 Å². The number of hydrogen-bond donors (Lipinski definition) is 3.